The zero-order valence-electron chi connectivity index (χ0n) is 14.4. The second-order valence-corrected chi connectivity index (χ2v) is 6.17. The van der Waals surface area contributed by atoms with Crippen molar-refractivity contribution in [1.29, 1.82) is 0 Å². The third kappa shape index (κ3) is 2.91. The van der Waals surface area contributed by atoms with Gasteiger partial charge in [0.2, 0.25) is 5.88 Å². The van der Waals surface area contributed by atoms with Crippen LogP contribution in [0.2, 0.25) is 0 Å². The van der Waals surface area contributed by atoms with Crippen molar-refractivity contribution in [2.45, 2.75) is 25.9 Å². The fraction of sp³-hybridized carbons (Fsp3) is 0.412. The predicted molar refractivity (Wildman–Crippen MR) is 96.3 cm³/mol. The first-order valence-corrected chi connectivity index (χ1v) is 8.46. The van der Waals surface area contributed by atoms with Crippen LogP contribution in [0.3, 0.4) is 0 Å². The molecule has 0 amide bonds. The van der Waals surface area contributed by atoms with Crippen LogP contribution in [0.5, 0.6) is 17.4 Å². The Kier molecular flexibility index (Phi) is 4.82. The summed E-state index contributed by atoms with van der Waals surface area (Å²) < 4.78 is 12.5. The van der Waals surface area contributed by atoms with Gasteiger partial charge in [-0.05, 0) is 48.8 Å². The summed E-state index contributed by atoms with van der Waals surface area (Å²) in [6.45, 7) is 2.99. The molecule has 25 heavy (non-hydrogen) atoms. The van der Waals surface area contributed by atoms with Crippen molar-refractivity contribution in [3.8, 4) is 17.4 Å². The lowest BCUT2D eigenvalue weighted by Gasteiger charge is -2.28. The Bertz CT molecular complexity index is 919. The topological polar surface area (TPSA) is 88.5 Å². The van der Waals surface area contributed by atoms with Gasteiger partial charge in [-0.1, -0.05) is 0 Å². The van der Waals surface area contributed by atoms with Crippen LogP contribution in [0, 0.1) is 4.77 Å². The summed E-state index contributed by atoms with van der Waals surface area (Å²) in [4.78, 5) is 15.2. The average molecular weight is 363 g/mol. The number of fused-ring (bicyclic) bond motifs is 1. The minimum atomic E-state index is -0.458. The second-order valence-electron chi connectivity index (χ2n) is 5.78. The first kappa shape index (κ1) is 17.5. The van der Waals surface area contributed by atoms with Gasteiger partial charge in [-0.15, -0.1) is 0 Å². The average Bonchev–Trinajstić information content (AvgIpc) is 2.60. The van der Waals surface area contributed by atoms with Gasteiger partial charge in [0.15, 0.2) is 16.3 Å². The van der Waals surface area contributed by atoms with Crippen LogP contribution in [-0.2, 0) is 13.0 Å². The van der Waals surface area contributed by atoms with Crippen LogP contribution in [0.4, 0.5) is 0 Å². The minimum absolute atomic E-state index is 0.114. The summed E-state index contributed by atoms with van der Waals surface area (Å²) in [6, 6.07) is 3.31. The van der Waals surface area contributed by atoms with Crippen LogP contribution >= 0.6 is 12.2 Å². The van der Waals surface area contributed by atoms with Crippen LogP contribution in [0.15, 0.2) is 16.9 Å². The van der Waals surface area contributed by atoms with Gasteiger partial charge >= 0.3 is 0 Å². The molecule has 0 bridgehead atoms. The van der Waals surface area contributed by atoms with Gasteiger partial charge in [-0.3, -0.25) is 14.3 Å². The Morgan fingerprint density at radius 2 is 2.00 bits per heavy atom. The SMILES string of the molecule is CCn1c(O)c([C@@H]2NCCc3cc(OC)c(OC)cc32)c(=O)[nH]c1=S. The molecule has 8 heteroatoms. The fourth-order valence-electron chi connectivity index (χ4n) is 3.27. The number of methoxy groups -OCH3 is 2. The van der Waals surface area contributed by atoms with Crippen molar-refractivity contribution in [1.82, 2.24) is 14.9 Å². The summed E-state index contributed by atoms with van der Waals surface area (Å²) in [5.41, 5.74) is 1.78. The highest BCUT2D eigenvalue weighted by molar-refractivity contribution is 7.71. The van der Waals surface area contributed by atoms with Crippen molar-refractivity contribution < 1.29 is 14.6 Å². The van der Waals surface area contributed by atoms with Crippen molar-refractivity contribution in [3.63, 3.8) is 0 Å². The lowest BCUT2D eigenvalue weighted by atomic mass is 9.90. The fourth-order valence-corrected chi connectivity index (χ4v) is 3.58. The van der Waals surface area contributed by atoms with E-state index in [4.69, 9.17) is 21.7 Å². The van der Waals surface area contributed by atoms with Crippen molar-refractivity contribution in [2.75, 3.05) is 20.8 Å². The molecule has 3 rings (SSSR count). The number of benzene rings is 1. The molecule has 134 valence electrons. The quantitative estimate of drug-likeness (QED) is 0.719. The maximum atomic E-state index is 12.5. The van der Waals surface area contributed by atoms with Crippen LogP contribution < -0.4 is 20.3 Å². The lowest BCUT2D eigenvalue weighted by molar-refractivity contribution is 0.352. The number of hydrogen-bond acceptors (Lipinski definition) is 6. The summed E-state index contributed by atoms with van der Waals surface area (Å²) in [6.07, 6.45) is 0.789. The molecule has 0 saturated carbocycles. The Morgan fingerprint density at radius 3 is 2.64 bits per heavy atom. The van der Waals surface area contributed by atoms with Gasteiger partial charge in [0, 0.05) is 13.1 Å². The standard InChI is InChI=1S/C17H21N3O4S/c1-4-20-16(22)13(15(21)19-17(20)25)14-10-8-12(24-3)11(23-2)7-9(10)5-6-18-14/h7-8,14,18,22H,4-6H2,1-3H3,(H,19,21,25)/t14-/m1/s1. The third-order valence-electron chi connectivity index (χ3n) is 4.51. The molecular weight excluding hydrogens is 342 g/mol. The lowest BCUT2D eigenvalue weighted by Crippen LogP contribution is -2.35. The van der Waals surface area contributed by atoms with Crippen LogP contribution in [0.25, 0.3) is 0 Å². The largest absolute Gasteiger partial charge is 0.494 e. The summed E-state index contributed by atoms with van der Waals surface area (Å²) in [7, 11) is 3.16. The molecular formula is C17H21N3O4S. The number of aromatic amines is 1. The summed E-state index contributed by atoms with van der Waals surface area (Å²) >= 11 is 5.13. The number of aromatic nitrogens is 2. The molecule has 1 aromatic carbocycles. The van der Waals surface area contributed by atoms with E-state index in [1.54, 1.807) is 14.2 Å². The van der Waals surface area contributed by atoms with Gasteiger partial charge in [-0.2, -0.15) is 0 Å². The first-order chi connectivity index (χ1) is 12.0. The van der Waals surface area contributed by atoms with Crippen LogP contribution in [-0.4, -0.2) is 35.4 Å². The van der Waals surface area contributed by atoms with Gasteiger partial charge in [0.05, 0.1) is 25.8 Å². The maximum Gasteiger partial charge on any atom is 0.260 e. The maximum absolute atomic E-state index is 12.5. The molecule has 1 aromatic heterocycles. The smallest absolute Gasteiger partial charge is 0.260 e. The van der Waals surface area contributed by atoms with Crippen LogP contribution in [0.1, 0.15) is 29.7 Å². The molecule has 2 aromatic rings. The zero-order chi connectivity index (χ0) is 18.1. The van der Waals surface area contributed by atoms with E-state index in [0.717, 1.165) is 17.5 Å². The molecule has 2 heterocycles. The Morgan fingerprint density at radius 1 is 1.32 bits per heavy atom. The van der Waals surface area contributed by atoms with Crippen molar-refractivity contribution in [3.05, 3.63) is 43.9 Å². The Balaban J connectivity index is 2.23. The molecule has 0 radical (unpaired) electrons. The number of nitrogens with zero attached hydrogens (tertiary/aromatic N) is 1. The van der Waals surface area contributed by atoms with E-state index in [2.05, 4.69) is 10.3 Å². The molecule has 0 aliphatic carbocycles. The first-order valence-electron chi connectivity index (χ1n) is 8.05. The highest BCUT2D eigenvalue weighted by Gasteiger charge is 2.29. The van der Waals surface area contributed by atoms with E-state index in [9.17, 15) is 9.90 Å². The molecule has 1 atom stereocenters. The molecule has 1 aliphatic heterocycles. The van der Waals surface area contributed by atoms with Gasteiger partial charge in [0.25, 0.3) is 5.56 Å². The number of H-pyrrole nitrogens is 1. The molecule has 1 aliphatic rings. The van der Waals surface area contributed by atoms with E-state index in [1.165, 1.54) is 4.57 Å². The highest BCUT2D eigenvalue weighted by Crippen LogP contribution is 2.38. The summed E-state index contributed by atoms with van der Waals surface area (Å²) in [5, 5.41) is 13.9. The number of aromatic hydroxyl groups is 1. The third-order valence-corrected chi connectivity index (χ3v) is 4.83. The van der Waals surface area contributed by atoms with Crippen molar-refractivity contribution in [2.24, 2.45) is 0 Å². The normalized spacial score (nSPS) is 16.4. The zero-order valence-corrected chi connectivity index (χ0v) is 15.2. The van der Waals surface area contributed by atoms with Gasteiger partial charge < -0.3 is 19.9 Å². The van der Waals surface area contributed by atoms with Crippen molar-refractivity contribution >= 4 is 12.2 Å². The second kappa shape index (κ2) is 6.89. The predicted octanol–water partition coefficient (Wildman–Crippen LogP) is 1.88. The monoisotopic (exact) mass is 363 g/mol. The number of rotatable bonds is 4. The summed E-state index contributed by atoms with van der Waals surface area (Å²) in [5.74, 6) is 1.11. The minimum Gasteiger partial charge on any atom is -0.494 e. The van der Waals surface area contributed by atoms with Gasteiger partial charge in [-0.25, -0.2) is 0 Å². The molecule has 3 N–H and O–H groups in total. The van der Waals surface area contributed by atoms with E-state index in [0.29, 0.717) is 24.6 Å². The highest BCUT2D eigenvalue weighted by atomic mass is 32.1. The van der Waals surface area contributed by atoms with Gasteiger partial charge in [0.1, 0.15) is 0 Å². The molecule has 0 unspecified atom stereocenters. The Labute approximate surface area is 150 Å². The van der Waals surface area contributed by atoms with E-state index in [1.807, 2.05) is 19.1 Å². The molecule has 0 fully saturated rings. The number of nitrogens with one attached hydrogen (secondary N) is 2. The molecule has 0 saturated heterocycles. The molecule has 0 spiro atoms. The van der Waals surface area contributed by atoms with E-state index < -0.39 is 11.6 Å². The number of hydrogen-bond donors (Lipinski definition) is 3. The van der Waals surface area contributed by atoms with E-state index >= 15 is 0 Å². The number of ether oxygens (including phenoxy) is 2. The Hall–Kier alpha value is -2.32. The van der Waals surface area contributed by atoms with E-state index in [-0.39, 0.29) is 16.2 Å². The molecule has 7 nitrogen and oxygen atoms in total.